The zero-order valence-electron chi connectivity index (χ0n) is 14.0. The molecule has 0 spiro atoms. The van der Waals surface area contributed by atoms with Gasteiger partial charge in [0, 0.05) is 11.1 Å². The van der Waals surface area contributed by atoms with Crippen molar-refractivity contribution in [3.8, 4) is 34.2 Å². The molecule has 26 heavy (non-hydrogen) atoms. The number of aromatic nitrogens is 1. The third-order valence-electron chi connectivity index (χ3n) is 3.85. The van der Waals surface area contributed by atoms with Gasteiger partial charge in [-0.25, -0.2) is 13.8 Å². The smallest absolute Gasteiger partial charge is 0.159 e. The number of rotatable bonds is 4. The lowest BCUT2D eigenvalue weighted by molar-refractivity contribution is 0.340. The third-order valence-corrected chi connectivity index (χ3v) is 3.85. The van der Waals surface area contributed by atoms with Crippen molar-refractivity contribution in [2.24, 2.45) is 0 Å². The molecule has 0 atom stereocenters. The number of nitriles is 1. The molecule has 0 bridgehead atoms. The maximum Gasteiger partial charge on any atom is 0.159 e. The Morgan fingerprint density at radius 1 is 1.04 bits per heavy atom. The first kappa shape index (κ1) is 17.4. The molecule has 1 aromatic heterocycles. The maximum absolute atomic E-state index is 13.6. The molecule has 1 heterocycles. The number of hydrogen-bond acceptors (Lipinski definition) is 4. The van der Waals surface area contributed by atoms with Crippen molar-refractivity contribution < 1.29 is 13.5 Å². The number of nitrogens with two attached hydrogens (primary N) is 1. The van der Waals surface area contributed by atoms with Crippen LogP contribution in [0.15, 0.2) is 48.5 Å². The topological polar surface area (TPSA) is 71.9 Å². The minimum absolute atomic E-state index is 0.0265. The van der Waals surface area contributed by atoms with E-state index in [0.29, 0.717) is 23.4 Å². The second-order valence-corrected chi connectivity index (χ2v) is 5.51. The number of nitrogen functional groups attached to an aromatic ring is 1. The Hall–Kier alpha value is -3.46. The predicted molar refractivity (Wildman–Crippen MR) is 95.3 cm³/mol. The van der Waals surface area contributed by atoms with Crippen molar-refractivity contribution >= 4 is 5.82 Å². The van der Waals surface area contributed by atoms with E-state index in [2.05, 4.69) is 4.98 Å². The summed E-state index contributed by atoms with van der Waals surface area (Å²) in [5.41, 5.74) is 8.06. The van der Waals surface area contributed by atoms with Gasteiger partial charge in [0.05, 0.1) is 12.3 Å². The van der Waals surface area contributed by atoms with Crippen LogP contribution >= 0.6 is 0 Å². The molecule has 0 aliphatic heterocycles. The van der Waals surface area contributed by atoms with Crippen LogP contribution in [-0.4, -0.2) is 11.6 Å². The molecule has 0 saturated carbocycles. The number of nitrogens with zero attached hydrogens (tertiary/aromatic N) is 2. The Morgan fingerprint density at radius 2 is 1.73 bits per heavy atom. The van der Waals surface area contributed by atoms with Gasteiger partial charge in [-0.15, -0.1) is 0 Å². The molecule has 0 amide bonds. The lowest BCUT2D eigenvalue weighted by Gasteiger charge is -2.11. The summed E-state index contributed by atoms with van der Waals surface area (Å²) < 4.78 is 32.3. The molecule has 0 radical (unpaired) electrons. The monoisotopic (exact) mass is 351 g/mol. The Balaban J connectivity index is 2.12. The summed E-state index contributed by atoms with van der Waals surface area (Å²) in [7, 11) is 0. The summed E-state index contributed by atoms with van der Waals surface area (Å²) in [6.07, 6.45) is 0. The van der Waals surface area contributed by atoms with Crippen molar-refractivity contribution in [3.63, 3.8) is 0 Å². The summed E-state index contributed by atoms with van der Waals surface area (Å²) in [4.78, 5) is 4.26. The lowest BCUT2D eigenvalue weighted by atomic mass is 9.98. The molecule has 4 nitrogen and oxygen atoms in total. The molecule has 2 N–H and O–H groups in total. The molecule has 0 fully saturated rings. The molecular weight excluding hydrogens is 336 g/mol. The molecule has 0 aliphatic rings. The molecular formula is C20H15F2N3O. The summed E-state index contributed by atoms with van der Waals surface area (Å²) >= 11 is 0. The summed E-state index contributed by atoms with van der Waals surface area (Å²) in [6, 6.07) is 14.3. The SMILES string of the molecule is CCOc1ccc(-c2cc(-c3ccc(F)c(F)c3)c(C#N)c(N)n2)cc1. The van der Waals surface area contributed by atoms with Gasteiger partial charge in [-0.1, -0.05) is 6.07 Å². The first-order valence-corrected chi connectivity index (χ1v) is 7.92. The first-order chi connectivity index (χ1) is 12.5. The van der Waals surface area contributed by atoms with Crippen LogP contribution in [0.1, 0.15) is 12.5 Å². The van der Waals surface area contributed by atoms with E-state index in [-0.39, 0.29) is 11.4 Å². The van der Waals surface area contributed by atoms with Gasteiger partial charge in [-0.3, -0.25) is 0 Å². The van der Waals surface area contributed by atoms with Gasteiger partial charge in [0.1, 0.15) is 23.2 Å². The fourth-order valence-electron chi connectivity index (χ4n) is 2.61. The van der Waals surface area contributed by atoms with Crippen molar-refractivity contribution in [2.75, 3.05) is 12.3 Å². The number of halogens is 2. The average Bonchev–Trinajstić information content (AvgIpc) is 2.64. The fourth-order valence-corrected chi connectivity index (χ4v) is 2.61. The highest BCUT2D eigenvalue weighted by molar-refractivity contribution is 5.80. The first-order valence-electron chi connectivity index (χ1n) is 7.92. The van der Waals surface area contributed by atoms with E-state index in [4.69, 9.17) is 10.5 Å². The Labute approximate surface area is 149 Å². The highest BCUT2D eigenvalue weighted by Crippen LogP contribution is 2.32. The van der Waals surface area contributed by atoms with Crippen LogP contribution in [-0.2, 0) is 0 Å². The Morgan fingerprint density at radius 3 is 2.35 bits per heavy atom. The predicted octanol–water partition coefficient (Wildman–Crippen LogP) is 4.55. The maximum atomic E-state index is 13.6. The van der Waals surface area contributed by atoms with Crippen LogP contribution < -0.4 is 10.5 Å². The standard InChI is InChI=1S/C20H15F2N3O/c1-2-26-14-6-3-12(4-7-14)19-10-15(16(11-23)20(24)25-19)13-5-8-17(21)18(22)9-13/h3-10H,2H2,1H3,(H2,24,25). The van der Waals surface area contributed by atoms with E-state index in [1.54, 1.807) is 18.2 Å². The van der Waals surface area contributed by atoms with Crippen LogP contribution in [0.2, 0.25) is 0 Å². The molecule has 6 heteroatoms. The fraction of sp³-hybridized carbons (Fsp3) is 0.100. The number of ether oxygens (including phenoxy) is 1. The van der Waals surface area contributed by atoms with Crippen molar-refractivity contribution in [1.82, 2.24) is 4.98 Å². The number of benzene rings is 2. The van der Waals surface area contributed by atoms with Crippen LogP contribution in [0, 0.1) is 23.0 Å². The van der Waals surface area contributed by atoms with E-state index in [0.717, 1.165) is 23.4 Å². The number of pyridine rings is 1. The number of hydrogen-bond donors (Lipinski definition) is 1. The normalized spacial score (nSPS) is 10.4. The molecule has 2 aromatic carbocycles. The highest BCUT2D eigenvalue weighted by Gasteiger charge is 2.15. The minimum Gasteiger partial charge on any atom is -0.494 e. The second-order valence-electron chi connectivity index (χ2n) is 5.51. The summed E-state index contributed by atoms with van der Waals surface area (Å²) in [5.74, 6) is -1.21. The molecule has 3 rings (SSSR count). The molecule has 3 aromatic rings. The average molecular weight is 351 g/mol. The van der Waals surface area contributed by atoms with E-state index in [1.807, 2.05) is 25.1 Å². The van der Waals surface area contributed by atoms with Crippen molar-refractivity contribution in [1.29, 1.82) is 5.26 Å². The summed E-state index contributed by atoms with van der Waals surface area (Å²) in [6.45, 7) is 2.45. The van der Waals surface area contributed by atoms with Gasteiger partial charge in [0.15, 0.2) is 11.6 Å². The van der Waals surface area contributed by atoms with Crippen LogP contribution in [0.5, 0.6) is 5.75 Å². The van der Waals surface area contributed by atoms with Gasteiger partial charge in [-0.05, 0) is 55.0 Å². The van der Waals surface area contributed by atoms with Gasteiger partial charge < -0.3 is 10.5 Å². The van der Waals surface area contributed by atoms with Gasteiger partial charge in [0.2, 0.25) is 0 Å². The minimum atomic E-state index is -0.996. The zero-order valence-corrected chi connectivity index (χ0v) is 14.0. The van der Waals surface area contributed by atoms with Crippen LogP contribution in [0.4, 0.5) is 14.6 Å². The van der Waals surface area contributed by atoms with E-state index < -0.39 is 11.6 Å². The zero-order chi connectivity index (χ0) is 18.7. The third kappa shape index (κ3) is 3.33. The van der Waals surface area contributed by atoms with Crippen molar-refractivity contribution in [2.45, 2.75) is 6.92 Å². The largest absolute Gasteiger partial charge is 0.494 e. The molecule has 0 aliphatic carbocycles. The second kappa shape index (κ2) is 7.19. The van der Waals surface area contributed by atoms with Crippen LogP contribution in [0.25, 0.3) is 22.4 Å². The van der Waals surface area contributed by atoms with Gasteiger partial charge in [-0.2, -0.15) is 5.26 Å². The van der Waals surface area contributed by atoms with E-state index in [9.17, 15) is 14.0 Å². The van der Waals surface area contributed by atoms with E-state index >= 15 is 0 Å². The Kier molecular flexibility index (Phi) is 4.81. The molecule has 130 valence electrons. The van der Waals surface area contributed by atoms with Crippen molar-refractivity contribution in [3.05, 3.63) is 65.7 Å². The quantitative estimate of drug-likeness (QED) is 0.749. The Bertz CT molecular complexity index is 995. The summed E-state index contributed by atoms with van der Waals surface area (Å²) in [5, 5.41) is 9.39. The lowest BCUT2D eigenvalue weighted by Crippen LogP contribution is -2.00. The van der Waals surface area contributed by atoms with E-state index in [1.165, 1.54) is 6.07 Å². The van der Waals surface area contributed by atoms with Gasteiger partial charge in [0.25, 0.3) is 0 Å². The van der Waals surface area contributed by atoms with Gasteiger partial charge >= 0.3 is 0 Å². The highest BCUT2D eigenvalue weighted by atomic mass is 19.2. The molecule has 0 saturated heterocycles. The number of anilines is 1. The van der Waals surface area contributed by atoms with Crippen LogP contribution in [0.3, 0.4) is 0 Å². The molecule has 0 unspecified atom stereocenters.